The van der Waals surface area contributed by atoms with Crippen LogP contribution in [0.4, 0.5) is 5.82 Å². The number of aromatic nitrogens is 1. The highest BCUT2D eigenvalue weighted by Crippen LogP contribution is 2.30. The second kappa shape index (κ2) is 5.05. The number of nitrogens with zero attached hydrogens (tertiary/aromatic N) is 2. The second-order valence-corrected chi connectivity index (χ2v) is 5.29. The van der Waals surface area contributed by atoms with E-state index in [4.69, 9.17) is 10.8 Å². The average molecular weight is 285 g/mol. The summed E-state index contributed by atoms with van der Waals surface area (Å²) in [4.78, 5) is 28.7. The molecular weight excluding hydrogens is 270 g/mol. The second-order valence-electron chi connectivity index (χ2n) is 5.29. The van der Waals surface area contributed by atoms with E-state index < -0.39 is 11.9 Å². The van der Waals surface area contributed by atoms with E-state index in [0.29, 0.717) is 24.5 Å². The van der Waals surface area contributed by atoms with Gasteiger partial charge in [0.1, 0.15) is 5.82 Å². The predicted molar refractivity (Wildman–Crippen MR) is 78.2 cm³/mol. The lowest BCUT2D eigenvalue weighted by Crippen LogP contribution is -2.48. The maximum atomic E-state index is 11.6. The van der Waals surface area contributed by atoms with Crippen LogP contribution >= 0.6 is 0 Å². The van der Waals surface area contributed by atoms with Crippen molar-refractivity contribution in [3.8, 4) is 0 Å². The Kier molecular flexibility index (Phi) is 3.21. The van der Waals surface area contributed by atoms with E-state index in [9.17, 15) is 9.59 Å². The minimum Gasteiger partial charge on any atom is -0.481 e. The quantitative estimate of drug-likeness (QED) is 0.881. The van der Waals surface area contributed by atoms with E-state index in [-0.39, 0.29) is 12.3 Å². The van der Waals surface area contributed by atoms with Crippen molar-refractivity contribution in [2.75, 3.05) is 18.0 Å². The summed E-state index contributed by atoms with van der Waals surface area (Å²) in [5, 5.41) is 9.64. The summed E-state index contributed by atoms with van der Waals surface area (Å²) in [6, 6.07) is 9.25. The van der Waals surface area contributed by atoms with Crippen LogP contribution in [0.3, 0.4) is 0 Å². The van der Waals surface area contributed by atoms with Crippen molar-refractivity contribution in [1.82, 2.24) is 4.98 Å². The van der Waals surface area contributed by atoms with Gasteiger partial charge in [0.25, 0.3) is 5.91 Å². The highest BCUT2D eigenvalue weighted by molar-refractivity contribution is 6.01. The minimum absolute atomic E-state index is 0.0940. The normalized spacial score (nSPS) is 15.0. The van der Waals surface area contributed by atoms with Crippen LogP contribution in [-0.2, 0) is 4.79 Å². The molecule has 108 valence electrons. The molecule has 1 fully saturated rings. The van der Waals surface area contributed by atoms with Crippen molar-refractivity contribution in [1.29, 1.82) is 0 Å². The first kappa shape index (κ1) is 13.4. The summed E-state index contributed by atoms with van der Waals surface area (Å²) in [6.45, 7) is 1.16. The molecule has 1 aromatic carbocycles. The van der Waals surface area contributed by atoms with E-state index in [0.717, 1.165) is 10.9 Å². The molecule has 3 rings (SSSR count). The van der Waals surface area contributed by atoms with E-state index in [2.05, 4.69) is 4.98 Å². The van der Waals surface area contributed by atoms with Crippen LogP contribution in [-0.4, -0.2) is 35.1 Å². The average Bonchev–Trinajstić information content (AvgIpc) is 2.40. The SMILES string of the molecule is NC(=O)c1cc2ccccc2nc1N1CC(CC(=O)O)C1. The molecule has 0 aliphatic carbocycles. The van der Waals surface area contributed by atoms with Crippen LogP contribution in [0.5, 0.6) is 0 Å². The zero-order valence-electron chi connectivity index (χ0n) is 11.3. The van der Waals surface area contributed by atoms with Crippen molar-refractivity contribution in [2.24, 2.45) is 11.7 Å². The molecule has 0 radical (unpaired) electrons. The third-order valence-corrected chi connectivity index (χ3v) is 3.69. The summed E-state index contributed by atoms with van der Waals surface area (Å²) in [5.74, 6) is -0.689. The zero-order chi connectivity index (χ0) is 15.0. The molecule has 2 aromatic rings. The number of hydrogen-bond donors (Lipinski definition) is 2. The van der Waals surface area contributed by atoms with E-state index >= 15 is 0 Å². The molecule has 0 unspecified atom stereocenters. The number of carbonyl (C=O) groups excluding carboxylic acids is 1. The first-order chi connectivity index (χ1) is 10.0. The molecule has 1 aliphatic rings. The van der Waals surface area contributed by atoms with Crippen LogP contribution in [0.25, 0.3) is 10.9 Å². The third kappa shape index (κ3) is 2.52. The molecule has 1 aromatic heterocycles. The number of carboxylic acids is 1. The fraction of sp³-hybridized carbons (Fsp3) is 0.267. The van der Waals surface area contributed by atoms with Gasteiger partial charge in [0.05, 0.1) is 17.5 Å². The highest BCUT2D eigenvalue weighted by atomic mass is 16.4. The van der Waals surface area contributed by atoms with Gasteiger partial charge in [-0.25, -0.2) is 4.98 Å². The lowest BCUT2D eigenvalue weighted by atomic mass is 9.95. The van der Waals surface area contributed by atoms with Gasteiger partial charge < -0.3 is 15.7 Å². The predicted octanol–water partition coefficient (Wildman–Crippen LogP) is 1.24. The Hall–Kier alpha value is -2.63. The van der Waals surface area contributed by atoms with Gasteiger partial charge in [-0.3, -0.25) is 9.59 Å². The van der Waals surface area contributed by atoms with Crippen LogP contribution in [0.15, 0.2) is 30.3 Å². The fourth-order valence-corrected chi connectivity index (χ4v) is 2.65. The van der Waals surface area contributed by atoms with Gasteiger partial charge in [-0.05, 0) is 12.1 Å². The van der Waals surface area contributed by atoms with Gasteiger partial charge in [-0.1, -0.05) is 18.2 Å². The first-order valence-electron chi connectivity index (χ1n) is 6.71. The molecule has 0 bridgehead atoms. The summed E-state index contributed by atoms with van der Waals surface area (Å²) in [5.41, 5.74) is 6.61. The molecule has 6 heteroatoms. The topological polar surface area (TPSA) is 96.5 Å². The lowest BCUT2D eigenvalue weighted by molar-refractivity contribution is -0.138. The zero-order valence-corrected chi connectivity index (χ0v) is 11.3. The number of anilines is 1. The molecule has 1 saturated heterocycles. The van der Waals surface area contributed by atoms with Crippen LogP contribution in [0.2, 0.25) is 0 Å². The molecule has 6 nitrogen and oxygen atoms in total. The standard InChI is InChI=1S/C15H15N3O3/c16-14(21)11-6-10-3-1-2-4-12(10)17-15(11)18-7-9(8-18)5-13(19)20/h1-4,6,9H,5,7-8H2,(H2,16,21)(H,19,20). The number of carboxylic acid groups (broad SMARTS) is 1. The summed E-state index contributed by atoms with van der Waals surface area (Å²) < 4.78 is 0. The molecule has 3 N–H and O–H groups in total. The summed E-state index contributed by atoms with van der Waals surface area (Å²) in [7, 11) is 0. The van der Waals surface area contributed by atoms with E-state index in [1.807, 2.05) is 29.2 Å². The van der Waals surface area contributed by atoms with Crippen molar-refractivity contribution < 1.29 is 14.7 Å². The maximum absolute atomic E-state index is 11.6. The number of primary amides is 1. The number of amides is 1. The van der Waals surface area contributed by atoms with Crippen molar-refractivity contribution in [3.05, 3.63) is 35.9 Å². The Bertz CT molecular complexity index is 723. The van der Waals surface area contributed by atoms with Gasteiger partial charge in [0.15, 0.2) is 0 Å². The Morgan fingerprint density at radius 3 is 2.71 bits per heavy atom. The molecule has 0 saturated carbocycles. The van der Waals surface area contributed by atoms with Gasteiger partial charge in [0.2, 0.25) is 0 Å². The van der Waals surface area contributed by atoms with Crippen LogP contribution in [0.1, 0.15) is 16.8 Å². The molecule has 21 heavy (non-hydrogen) atoms. The number of aliphatic carboxylic acids is 1. The van der Waals surface area contributed by atoms with E-state index in [1.165, 1.54) is 0 Å². The first-order valence-corrected chi connectivity index (χ1v) is 6.71. The highest BCUT2D eigenvalue weighted by Gasteiger charge is 2.31. The van der Waals surface area contributed by atoms with Crippen molar-refractivity contribution in [3.63, 3.8) is 0 Å². The summed E-state index contributed by atoms with van der Waals surface area (Å²) in [6.07, 6.45) is 0.135. The fourth-order valence-electron chi connectivity index (χ4n) is 2.65. The maximum Gasteiger partial charge on any atom is 0.303 e. The number of para-hydroxylation sites is 1. The molecule has 2 heterocycles. The monoisotopic (exact) mass is 285 g/mol. The van der Waals surface area contributed by atoms with Gasteiger partial charge in [-0.15, -0.1) is 0 Å². The Morgan fingerprint density at radius 2 is 2.05 bits per heavy atom. The molecule has 0 atom stereocenters. The summed E-state index contributed by atoms with van der Waals surface area (Å²) >= 11 is 0. The molecule has 1 amide bonds. The van der Waals surface area contributed by atoms with Gasteiger partial charge in [-0.2, -0.15) is 0 Å². The number of nitrogens with two attached hydrogens (primary N) is 1. The number of carbonyl (C=O) groups is 2. The number of rotatable bonds is 4. The van der Waals surface area contributed by atoms with Crippen LogP contribution in [0, 0.1) is 5.92 Å². The largest absolute Gasteiger partial charge is 0.481 e. The van der Waals surface area contributed by atoms with Crippen molar-refractivity contribution >= 4 is 28.6 Å². The number of hydrogen-bond acceptors (Lipinski definition) is 4. The van der Waals surface area contributed by atoms with Crippen LogP contribution < -0.4 is 10.6 Å². The number of fused-ring (bicyclic) bond motifs is 1. The van der Waals surface area contributed by atoms with Crippen molar-refractivity contribution in [2.45, 2.75) is 6.42 Å². The molecule has 1 aliphatic heterocycles. The Balaban J connectivity index is 1.92. The number of benzene rings is 1. The minimum atomic E-state index is -0.804. The Morgan fingerprint density at radius 1 is 1.33 bits per heavy atom. The van der Waals surface area contributed by atoms with Gasteiger partial charge in [0, 0.05) is 24.4 Å². The number of pyridine rings is 1. The van der Waals surface area contributed by atoms with Gasteiger partial charge >= 0.3 is 5.97 Å². The molecule has 0 spiro atoms. The smallest absolute Gasteiger partial charge is 0.303 e. The third-order valence-electron chi connectivity index (χ3n) is 3.69. The van der Waals surface area contributed by atoms with E-state index in [1.54, 1.807) is 6.07 Å². The molecular formula is C15H15N3O3. The lowest BCUT2D eigenvalue weighted by Gasteiger charge is -2.40. The Labute approximate surface area is 121 Å².